The van der Waals surface area contributed by atoms with Gasteiger partial charge in [0.2, 0.25) is 0 Å². The number of fused-ring (bicyclic) bond motifs is 1. The summed E-state index contributed by atoms with van der Waals surface area (Å²) in [5.41, 5.74) is 1.81. The van der Waals surface area contributed by atoms with Crippen molar-refractivity contribution in [2.24, 2.45) is 0 Å². The molecule has 1 fully saturated rings. The number of hydrogen-bond acceptors (Lipinski definition) is 4. The van der Waals surface area contributed by atoms with Gasteiger partial charge in [0, 0.05) is 16.6 Å². The van der Waals surface area contributed by atoms with Crippen LogP contribution in [0.4, 0.5) is 5.69 Å². The van der Waals surface area contributed by atoms with Crippen molar-refractivity contribution in [1.82, 2.24) is 4.98 Å². The molecule has 0 aliphatic carbocycles. The average Bonchev–Trinajstić information content (AvgIpc) is 2.41. The van der Waals surface area contributed by atoms with Gasteiger partial charge in [0.15, 0.2) is 5.79 Å². The van der Waals surface area contributed by atoms with Gasteiger partial charge in [-0.15, -0.1) is 0 Å². The van der Waals surface area contributed by atoms with Crippen molar-refractivity contribution < 1.29 is 9.47 Å². The van der Waals surface area contributed by atoms with E-state index in [9.17, 15) is 0 Å². The first-order valence-corrected chi connectivity index (χ1v) is 7.00. The second-order valence-corrected chi connectivity index (χ2v) is 5.83. The molecule has 1 saturated heterocycles. The maximum Gasteiger partial charge on any atom is 0.162 e. The lowest BCUT2D eigenvalue weighted by Gasteiger charge is -2.35. The molecular weight excluding hydrogens is 276 g/mol. The van der Waals surface area contributed by atoms with Crippen LogP contribution in [0.3, 0.4) is 0 Å². The van der Waals surface area contributed by atoms with E-state index in [0.717, 1.165) is 16.6 Å². The highest BCUT2D eigenvalue weighted by molar-refractivity contribution is 6.31. The van der Waals surface area contributed by atoms with E-state index in [1.54, 1.807) is 6.20 Å². The Labute approximate surface area is 123 Å². The lowest BCUT2D eigenvalue weighted by Crippen LogP contribution is -2.45. The van der Waals surface area contributed by atoms with Gasteiger partial charge in [0.25, 0.3) is 0 Å². The van der Waals surface area contributed by atoms with Crippen molar-refractivity contribution in [1.29, 1.82) is 0 Å². The summed E-state index contributed by atoms with van der Waals surface area (Å²) in [7, 11) is 0. The van der Waals surface area contributed by atoms with Gasteiger partial charge in [0.05, 0.1) is 30.5 Å². The molecule has 1 aliphatic rings. The van der Waals surface area contributed by atoms with E-state index in [1.807, 2.05) is 38.1 Å². The maximum absolute atomic E-state index is 6.16. The van der Waals surface area contributed by atoms with Gasteiger partial charge < -0.3 is 14.8 Å². The van der Waals surface area contributed by atoms with Gasteiger partial charge in [-0.3, -0.25) is 4.98 Å². The number of rotatable bonds is 2. The van der Waals surface area contributed by atoms with E-state index in [1.165, 1.54) is 0 Å². The fourth-order valence-electron chi connectivity index (χ4n) is 2.26. The zero-order valence-corrected chi connectivity index (χ0v) is 12.3. The number of halogens is 1. The summed E-state index contributed by atoms with van der Waals surface area (Å²) in [6.07, 6.45) is 1.78. The van der Waals surface area contributed by atoms with E-state index < -0.39 is 5.79 Å². The van der Waals surface area contributed by atoms with Gasteiger partial charge >= 0.3 is 0 Å². The number of nitrogens with zero attached hydrogens (tertiary/aromatic N) is 1. The van der Waals surface area contributed by atoms with E-state index in [2.05, 4.69) is 10.3 Å². The van der Waals surface area contributed by atoms with Crippen LogP contribution in [-0.4, -0.2) is 30.0 Å². The number of hydrogen-bond donors (Lipinski definition) is 1. The Balaban J connectivity index is 1.84. The van der Waals surface area contributed by atoms with Gasteiger partial charge in [-0.2, -0.15) is 0 Å². The Morgan fingerprint density at radius 2 is 2.05 bits per heavy atom. The summed E-state index contributed by atoms with van der Waals surface area (Å²) in [6, 6.07) is 7.78. The van der Waals surface area contributed by atoms with E-state index in [-0.39, 0.29) is 6.04 Å². The first kappa shape index (κ1) is 13.6. The number of aromatic nitrogens is 1. The van der Waals surface area contributed by atoms with Crippen molar-refractivity contribution >= 4 is 28.2 Å². The second kappa shape index (κ2) is 5.20. The normalized spacial score (nSPS) is 19.1. The van der Waals surface area contributed by atoms with E-state index in [4.69, 9.17) is 21.1 Å². The number of pyridine rings is 1. The van der Waals surface area contributed by atoms with Crippen molar-refractivity contribution in [3.63, 3.8) is 0 Å². The van der Waals surface area contributed by atoms with Crippen LogP contribution in [0.15, 0.2) is 30.5 Å². The third-order valence-corrected chi connectivity index (χ3v) is 3.51. The molecule has 0 spiro atoms. The standard InChI is InChI=1S/C15H17ClN2O2/c1-15(2)19-8-12(9-20-15)18-13-7-11(16)6-10-4-3-5-17-14(10)13/h3-7,12,18H,8-9H2,1-2H3. The maximum atomic E-state index is 6.16. The van der Waals surface area contributed by atoms with Gasteiger partial charge in [-0.05, 0) is 32.0 Å². The Hall–Kier alpha value is -1.36. The molecule has 4 nitrogen and oxygen atoms in total. The predicted molar refractivity (Wildman–Crippen MR) is 80.1 cm³/mol. The third-order valence-electron chi connectivity index (χ3n) is 3.29. The van der Waals surface area contributed by atoms with Crippen LogP contribution in [-0.2, 0) is 9.47 Å². The average molecular weight is 293 g/mol. The van der Waals surface area contributed by atoms with Crippen LogP contribution in [0.5, 0.6) is 0 Å². The highest BCUT2D eigenvalue weighted by Gasteiger charge is 2.28. The lowest BCUT2D eigenvalue weighted by molar-refractivity contribution is -0.247. The molecule has 0 saturated carbocycles. The molecule has 0 atom stereocenters. The van der Waals surface area contributed by atoms with Crippen LogP contribution in [0.25, 0.3) is 10.9 Å². The van der Waals surface area contributed by atoms with Crippen LogP contribution in [0.1, 0.15) is 13.8 Å². The summed E-state index contributed by atoms with van der Waals surface area (Å²) in [5, 5.41) is 5.11. The highest BCUT2D eigenvalue weighted by Crippen LogP contribution is 2.28. The third kappa shape index (κ3) is 2.87. The molecule has 3 rings (SSSR count). The molecule has 106 valence electrons. The molecule has 2 aromatic rings. The summed E-state index contributed by atoms with van der Waals surface area (Å²) in [5.74, 6) is -0.507. The SMILES string of the molecule is CC1(C)OCC(Nc2cc(Cl)cc3cccnc23)CO1. The minimum atomic E-state index is -0.507. The number of nitrogens with one attached hydrogen (secondary N) is 1. The van der Waals surface area contributed by atoms with Crippen molar-refractivity contribution in [2.45, 2.75) is 25.7 Å². The van der Waals surface area contributed by atoms with E-state index >= 15 is 0 Å². The summed E-state index contributed by atoms with van der Waals surface area (Å²) >= 11 is 6.16. The summed E-state index contributed by atoms with van der Waals surface area (Å²) < 4.78 is 11.3. The second-order valence-electron chi connectivity index (χ2n) is 5.39. The minimum Gasteiger partial charge on any atom is -0.376 e. The fraction of sp³-hybridized carbons (Fsp3) is 0.400. The number of benzene rings is 1. The van der Waals surface area contributed by atoms with Gasteiger partial charge in [-0.1, -0.05) is 17.7 Å². The minimum absolute atomic E-state index is 0.0895. The molecule has 0 radical (unpaired) electrons. The van der Waals surface area contributed by atoms with Crippen LogP contribution >= 0.6 is 11.6 Å². The largest absolute Gasteiger partial charge is 0.376 e. The Morgan fingerprint density at radius 3 is 2.80 bits per heavy atom. The molecular formula is C15H17ClN2O2. The molecule has 1 aromatic heterocycles. The van der Waals surface area contributed by atoms with E-state index in [0.29, 0.717) is 18.2 Å². The van der Waals surface area contributed by atoms with Crippen molar-refractivity contribution in [2.75, 3.05) is 18.5 Å². The molecule has 0 amide bonds. The highest BCUT2D eigenvalue weighted by atomic mass is 35.5. The monoisotopic (exact) mass is 292 g/mol. The molecule has 0 unspecified atom stereocenters. The number of ether oxygens (including phenoxy) is 2. The van der Waals surface area contributed by atoms with Crippen LogP contribution < -0.4 is 5.32 Å². The molecule has 5 heteroatoms. The lowest BCUT2D eigenvalue weighted by atomic mass is 10.1. The zero-order chi connectivity index (χ0) is 14.2. The van der Waals surface area contributed by atoms with Crippen molar-refractivity contribution in [3.8, 4) is 0 Å². The molecule has 2 heterocycles. The first-order valence-electron chi connectivity index (χ1n) is 6.62. The topological polar surface area (TPSA) is 43.4 Å². The Morgan fingerprint density at radius 1 is 1.30 bits per heavy atom. The molecule has 0 bridgehead atoms. The first-order chi connectivity index (χ1) is 9.53. The van der Waals surface area contributed by atoms with Gasteiger partial charge in [0.1, 0.15) is 0 Å². The zero-order valence-electron chi connectivity index (χ0n) is 11.5. The molecule has 1 aliphatic heterocycles. The van der Waals surface area contributed by atoms with Gasteiger partial charge in [-0.25, -0.2) is 0 Å². The molecule has 1 aromatic carbocycles. The van der Waals surface area contributed by atoms with Crippen molar-refractivity contribution in [3.05, 3.63) is 35.5 Å². The quantitative estimate of drug-likeness (QED) is 0.921. The predicted octanol–water partition coefficient (Wildman–Crippen LogP) is 3.45. The summed E-state index contributed by atoms with van der Waals surface area (Å²) in [4.78, 5) is 4.41. The van der Waals surface area contributed by atoms with Crippen LogP contribution in [0, 0.1) is 0 Å². The Kier molecular flexibility index (Phi) is 3.54. The molecule has 1 N–H and O–H groups in total. The summed E-state index contributed by atoms with van der Waals surface area (Å²) in [6.45, 7) is 5.01. The van der Waals surface area contributed by atoms with Crippen LogP contribution in [0.2, 0.25) is 5.02 Å². The molecule has 20 heavy (non-hydrogen) atoms. The smallest absolute Gasteiger partial charge is 0.162 e. The fourth-order valence-corrected chi connectivity index (χ4v) is 2.49. The number of anilines is 1. The Bertz CT molecular complexity index is 620.